The maximum Gasteiger partial charge on any atom is 0.238 e. The number of fused-ring (bicyclic) bond motifs is 1. The Kier molecular flexibility index (Phi) is 4.46. The number of hydrogen-bond acceptors (Lipinski definition) is 5. The van der Waals surface area contributed by atoms with Gasteiger partial charge in [0.25, 0.3) is 0 Å². The molecule has 4 aromatic rings. The van der Waals surface area contributed by atoms with Gasteiger partial charge in [-0.2, -0.15) is 0 Å². The van der Waals surface area contributed by atoms with Crippen molar-refractivity contribution in [3.05, 3.63) is 79.0 Å². The summed E-state index contributed by atoms with van der Waals surface area (Å²) in [5.74, 6) is 0.620. The molecule has 0 spiro atoms. The van der Waals surface area contributed by atoms with Crippen molar-refractivity contribution in [2.45, 2.75) is 4.90 Å². The van der Waals surface area contributed by atoms with E-state index in [0.717, 1.165) is 21.9 Å². The van der Waals surface area contributed by atoms with Gasteiger partial charge in [0.2, 0.25) is 10.0 Å². The lowest BCUT2D eigenvalue weighted by Gasteiger charge is -2.12. The number of nitrogen functional groups attached to an aromatic ring is 1. The number of primary sulfonamides is 1. The van der Waals surface area contributed by atoms with Crippen LogP contribution in [0.3, 0.4) is 0 Å². The normalized spacial score (nSPS) is 11.5. The Morgan fingerprint density at radius 2 is 1.64 bits per heavy atom. The Labute approximate surface area is 162 Å². The molecular formula is C21H18N4O2S. The summed E-state index contributed by atoms with van der Waals surface area (Å²) in [5, 5.41) is 10.3. The highest BCUT2D eigenvalue weighted by Gasteiger charge is 2.11. The highest BCUT2D eigenvalue weighted by atomic mass is 32.2. The second kappa shape index (κ2) is 6.95. The minimum Gasteiger partial charge on any atom is -0.399 e. The first-order valence-electron chi connectivity index (χ1n) is 8.55. The molecule has 0 saturated heterocycles. The van der Waals surface area contributed by atoms with Crippen molar-refractivity contribution in [2.75, 3.05) is 11.1 Å². The molecule has 1 heterocycles. The second-order valence-electron chi connectivity index (χ2n) is 6.38. The van der Waals surface area contributed by atoms with Gasteiger partial charge in [-0.05, 0) is 52.9 Å². The van der Waals surface area contributed by atoms with Gasteiger partial charge in [-0.25, -0.2) is 18.5 Å². The summed E-state index contributed by atoms with van der Waals surface area (Å²) in [7, 11) is -3.78. The SMILES string of the molecule is Nc1cccc(-c2cccc3c(Nc4cccc(S(N)(=O)=O)c4)nccc23)c1. The van der Waals surface area contributed by atoms with Gasteiger partial charge in [-0.15, -0.1) is 0 Å². The largest absolute Gasteiger partial charge is 0.399 e. The van der Waals surface area contributed by atoms with Gasteiger partial charge in [-0.3, -0.25) is 0 Å². The number of nitrogens with two attached hydrogens (primary N) is 2. The third-order valence-corrected chi connectivity index (χ3v) is 5.34. The molecule has 28 heavy (non-hydrogen) atoms. The van der Waals surface area contributed by atoms with E-state index in [-0.39, 0.29) is 4.90 Å². The van der Waals surface area contributed by atoms with Crippen LogP contribution in [-0.4, -0.2) is 13.4 Å². The molecule has 6 nitrogen and oxygen atoms in total. The summed E-state index contributed by atoms with van der Waals surface area (Å²) in [6, 6.07) is 21.9. The summed E-state index contributed by atoms with van der Waals surface area (Å²) in [5.41, 5.74) is 9.27. The number of sulfonamides is 1. The molecular weight excluding hydrogens is 372 g/mol. The van der Waals surface area contributed by atoms with E-state index in [1.165, 1.54) is 12.1 Å². The molecule has 0 aliphatic carbocycles. The topological polar surface area (TPSA) is 111 Å². The Hall–Kier alpha value is -3.42. The fraction of sp³-hybridized carbons (Fsp3) is 0. The number of aromatic nitrogens is 1. The third-order valence-electron chi connectivity index (χ3n) is 4.43. The van der Waals surface area contributed by atoms with Crippen molar-refractivity contribution in [3.63, 3.8) is 0 Å². The monoisotopic (exact) mass is 390 g/mol. The number of pyridine rings is 1. The Bertz CT molecular complexity index is 1290. The first kappa shape index (κ1) is 18.0. The van der Waals surface area contributed by atoms with Crippen molar-refractivity contribution in [2.24, 2.45) is 5.14 Å². The summed E-state index contributed by atoms with van der Waals surface area (Å²) in [6.45, 7) is 0. The zero-order chi connectivity index (χ0) is 19.7. The first-order valence-corrected chi connectivity index (χ1v) is 10.1. The number of benzene rings is 3. The summed E-state index contributed by atoms with van der Waals surface area (Å²) >= 11 is 0. The van der Waals surface area contributed by atoms with Crippen LogP contribution in [0, 0.1) is 0 Å². The second-order valence-corrected chi connectivity index (χ2v) is 7.94. The first-order chi connectivity index (χ1) is 13.4. The van der Waals surface area contributed by atoms with E-state index in [9.17, 15) is 8.42 Å². The molecule has 4 rings (SSSR count). The van der Waals surface area contributed by atoms with Gasteiger partial charge in [0.15, 0.2) is 0 Å². The van der Waals surface area contributed by atoms with E-state index < -0.39 is 10.0 Å². The maximum atomic E-state index is 11.6. The minimum atomic E-state index is -3.78. The molecule has 1 aromatic heterocycles. The molecule has 0 aliphatic rings. The molecule has 0 aliphatic heterocycles. The number of nitrogens with one attached hydrogen (secondary N) is 1. The van der Waals surface area contributed by atoms with E-state index in [1.807, 2.05) is 48.5 Å². The van der Waals surface area contributed by atoms with Crippen LogP contribution < -0.4 is 16.2 Å². The van der Waals surface area contributed by atoms with Gasteiger partial charge < -0.3 is 11.1 Å². The van der Waals surface area contributed by atoms with Crippen molar-refractivity contribution < 1.29 is 8.42 Å². The summed E-state index contributed by atoms with van der Waals surface area (Å²) in [6.07, 6.45) is 1.71. The van der Waals surface area contributed by atoms with Gasteiger partial charge >= 0.3 is 0 Å². The van der Waals surface area contributed by atoms with Gasteiger partial charge in [-0.1, -0.05) is 36.4 Å². The molecule has 0 radical (unpaired) electrons. The van der Waals surface area contributed by atoms with E-state index in [2.05, 4.69) is 10.3 Å². The standard InChI is InChI=1S/C21H18N4O2S/c22-15-5-1-4-14(12-15)18-8-3-9-20-19(18)10-11-24-21(20)25-16-6-2-7-17(13-16)28(23,26)27/h1-13H,22H2,(H,24,25)(H2,23,26,27). The highest BCUT2D eigenvalue weighted by Crippen LogP contribution is 2.33. The van der Waals surface area contributed by atoms with Crippen LogP contribution in [0.15, 0.2) is 83.9 Å². The molecule has 5 N–H and O–H groups in total. The van der Waals surface area contributed by atoms with Crippen LogP contribution in [0.4, 0.5) is 17.2 Å². The van der Waals surface area contributed by atoms with Gasteiger partial charge in [0.1, 0.15) is 5.82 Å². The lowest BCUT2D eigenvalue weighted by Crippen LogP contribution is -2.12. The molecule has 0 atom stereocenters. The summed E-state index contributed by atoms with van der Waals surface area (Å²) < 4.78 is 23.2. The number of anilines is 3. The van der Waals surface area contributed by atoms with Gasteiger partial charge in [0.05, 0.1) is 4.90 Å². The molecule has 0 bridgehead atoms. The Morgan fingerprint density at radius 3 is 2.43 bits per heavy atom. The van der Waals surface area contributed by atoms with Crippen molar-refractivity contribution >= 4 is 38.0 Å². The van der Waals surface area contributed by atoms with Crippen molar-refractivity contribution in [3.8, 4) is 11.1 Å². The Balaban J connectivity index is 1.81. The lowest BCUT2D eigenvalue weighted by molar-refractivity contribution is 0.598. The zero-order valence-corrected chi connectivity index (χ0v) is 15.6. The van der Waals surface area contributed by atoms with Crippen LogP contribution in [0.5, 0.6) is 0 Å². The average molecular weight is 390 g/mol. The average Bonchev–Trinajstić information content (AvgIpc) is 2.67. The molecule has 0 unspecified atom stereocenters. The quantitative estimate of drug-likeness (QED) is 0.458. The molecule has 7 heteroatoms. The molecule has 0 fully saturated rings. The molecule has 0 saturated carbocycles. The summed E-state index contributed by atoms with van der Waals surface area (Å²) in [4.78, 5) is 4.47. The highest BCUT2D eigenvalue weighted by molar-refractivity contribution is 7.89. The maximum absolute atomic E-state index is 11.6. The van der Waals surface area contributed by atoms with Gasteiger partial charge in [0, 0.05) is 23.0 Å². The predicted molar refractivity (Wildman–Crippen MR) is 113 cm³/mol. The van der Waals surface area contributed by atoms with E-state index >= 15 is 0 Å². The number of hydrogen-bond donors (Lipinski definition) is 3. The van der Waals surface area contributed by atoms with Crippen molar-refractivity contribution in [1.29, 1.82) is 0 Å². The zero-order valence-electron chi connectivity index (χ0n) is 14.8. The van der Waals surface area contributed by atoms with Crippen LogP contribution in [0.25, 0.3) is 21.9 Å². The van der Waals surface area contributed by atoms with E-state index in [0.29, 0.717) is 17.2 Å². The fourth-order valence-corrected chi connectivity index (χ4v) is 3.71. The van der Waals surface area contributed by atoms with E-state index in [4.69, 9.17) is 10.9 Å². The number of rotatable bonds is 4. The number of nitrogens with zero attached hydrogens (tertiary/aromatic N) is 1. The smallest absolute Gasteiger partial charge is 0.238 e. The molecule has 3 aromatic carbocycles. The lowest BCUT2D eigenvalue weighted by atomic mass is 9.98. The fourth-order valence-electron chi connectivity index (χ4n) is 3.15. The van der Waals surface area contributed by atoms with Crippen molar-refractivity contribution in [1.82, 2.24) is 4.98 Å². The van der Waals surface area contributed by atoms with Crippen LogP contribution in [-0.2, 0) is 10.0 Å². The molecule has 0 amide bonds. The van der Waals surface area contributed by atoms with Crippen LogP contribution in [0.1, 0.15) is 0 Å². The van der Waals surface area contributed by atoms with Crippen LogP contribution >= 0.6 is 0 Å². The van der Waals surface area contributed by atoms with E-state index in [1.54, 1.807) is 18.3 Å². The van der Waals surface area contributed by atoms with Crippen LogP contribution in [0.2, 0.25) is 0 Å². The minimum absolute atomic E-state index is 0.0400. The predicted octanol–water partition coefficient (Wildman–Crippen LogP) is 3.88. The Morgan fingerprint density at radius 1 is 0.857 bits per heavy atom. The molecule has 140 valence electrons. The third kappa shape index (κ3) is 3.53.